The molecule has 0 radical (unpaired) electrons. The number of nitrogens with one attached hydrogen (secondary N) is 2. The van der Waals surface area contributed by atoms with Crippen LogP contribution >= 0.6 is 0 Å². The molecule has 8 nitrogen and oxygen atoms in total. The molecular weight excluding hydrogens is 260 g/mol. The van der Waals surface area contributed by atoms with Gasteiger partial charge in [0.15, 0.2) is 0 Å². The fraction of sp³-hybridized carbons (Fsp3) is 0.833. The third kappa shape index (κ3) is 8.41. The van der Waals surface area contributed by atoms with Crippen molar-refractivity contribution in [3.63, 3.8) is 0 Å². The van der Waals surface area contributed by atoms with Gasteiger partial charge in [-0.05, 0) is 12.3 Å². The Balaban J connectivity index is 4.66. The van der Waals surface area contributed by atoms with Crippen molar-refractivity contribution in [2.24, 2.45) is 23.1 Å². The van der Waals surface area contributed by atoms with Crippen molar-refractivity contribution < 1.29 is 14.4 Å². The Morgan fingerprint density at radius 2 is 1.90 bits per heavy atom. The van der Waals surface area contributed by atoms with Gasteiger partial charge in [-0.3, -0.25) is 16.9 Å². The minimum absolute atomic E-state index is 0.0116. The topological polar surface area (TPSA) is 135 Å². The number of unbranched alkanes of at least 4 members (excludes halogenated alkanes) is 2. The zero-order chi connectivity index (χ0) is 15.5. The quantitative estimate of drug-likeness (QED) is 0.0972. The summed E-state index contributed by atoms with van der Waals surface area (Å²) in [5, 5.41) is 7.12. The van der Waals surface area contributed by atoms with Gasteiger partial charge < -0.3 is 10.6 Å². The molecule has 118 valence electrons. The highest BCUT2D eigenvalue weighted by molar-refractivity contribution is 5.73. The van der Waals surface area contributed by atoms with Crippen LogP contribution in [0.5, 0.6) is 0 Å². The molecule has 0 aliphatic heterocycles. The van der Waals surface area contributed by atoms with Crippen molar-refractivity contribution in [2.75, 3.05) is 6.61 Å². The smallest absolute Gasteiger partial charge is 0.368 e. The predicted molar refractivity (Wildman–Crippen MR) is 78.5 cm³/mol. The van der Waals surface area contributed by atoms with Crippen LogP contribution in [-0.4, -0.2) is 29.5 Å². The molecule has 1 atom stereocenters. The molecule has 0 saturated carbocycles. The number of nitrogens with two attached hydrogens (primary N) is 3. The number of nitrogens with zero attached hydrogens (tertiary/aromatic N) is 1. The Labute approximate surface area is 120 Å². The molecule has 1 unspecified atom stereocenters. The first-order valence-electron chi connectivity index (χ1n) is 6.94. The van der Waals surface area contributed by atoms with Gasteiger partial charge in [0.25, 0.3) is 0 Å². The van der Waals surface area contributed by atoms with Crippen LogP contribution in [-0.2, 0) is 9.68 Å². The van der Waals surface area contributed by atoms with Crippen LogP contribution < -0.4 is 22.7 Å². The second-order valence-corrected chi connectivity index (χ2v) is 5.01. The summed E-state index contributed by atoms with van der Waals surface area (Å²) in [7, 11) is 0. The van der Waals surface area contributed by atoms with Crippen molar-refractivity contribution in [3.8, 4) is 0 Å². The molecule has 0 spiro atoms. The van der Waals surface area contributed by atoms with Crippen molar-refractivity contribution in [3.05, 3.63) is 0 Å². The van der Waals surface area contributed by atoms with Gasteiger partial charge in [-0.25, -0.2) is 10.3 Å². The number of hydrogen-bond acceptors (Lipinski definition) is 3. The fourth-order valence-electron chi connectivity index (χ4n) is 1.57. The molecule has 0 amide bonds. The first kappa shape index (κ1) is 18.3. The first-order valence-corrected chi connectivity index (χ1v) is 6.94. The molecule has 0 saturated heterocycles. The van der Waals surface area contributed by atoms with Crippen LogP contribution in [0.3, 0.4) is 0 Å². The molecule has 0 heterocycles. The van der Waals surface area contributed by atoms with E-state index in [-0.39, 0.29) is 11.9 Å². The number of rotatable bonds is 10. The molecule has 0 aliphatic carbocycles. The highest BCUT2D eigenvalue weighted by Gasteiger charge is 2.23. The summed E-state index contributed by atoms with van der Waals surface area (Å²) in [6.45, 7) is 6.69. The average Bonchev–Trinajstić information content (AvgIpc) is 2.34. The molecule has 0 aromatic carbocycles. The van der Waals surface area contributed by atoms with Gasteiger partial charge in [0, 0.05) is 6.42 Å². The van der Waals surface area contributed by atoms with E-state index in [4.69, 9.17) is 32.3 Å². The molecule has 0 aromatic rings. The summed E-state index contributed by atoms with van der Waals surface area (Å²) in [4.78, 5) is 10.9. The maximum atomic E-state index is 7.12. The second-order valence-electron chi connectivity index (χ2n) is 5.01. The molecule has 0 rings (SSSR count). The van der Waals surface area contributed by atoms with E-state index in [2.05, 4.69) is 12.4 Å². The SMILES string of the molecule is CCCCCO[N+](=C(N)N)C(CC(C)C)ONC(=N)N. The maximum Gasteiger partial charge on any atom is 0.380 e. The normalized spacial score (nSPS) is 12.0. The van der Waals surface area contributed by atoms with E-state index < -0.39 is 6.23 Å². The summed E-state index contributed by atoms with van der Waals surface area (Å²) >= 11 is 0. The summed E-state index contributed by atoms with van der Waals surface area (Å²) in [6, 6.07) is 0. The molecule has 0 fully saturated rings. The number of hydroxylamine groups is 2. The minimum Gasteiger partial charge on any atom is -0.368 e. The monoisotopic (exact) mass is 289 g/mol. The van der Waals surface area contributed by atoms with E-state index in [0.29, 0.717) is 18.9 Å². The van der Waals surface area contributed by atoms with Crippen LogP contribution in [0.25, 0.3) is 0 Å². The van der Waals surface area contributed by atoms with Crippen LogP contribution in [0.15, 0.2) is 0 Å². The summed E-state index contributed by atoms with van der Waals surface area (Å²) in [6.07, 6.45) is 3.15. The first-order chi connectivity index (χ1) is 9.38. The zero-order valence-corrected chi connectivity index (χ0v) is 12.7. The predicted octanol–water partition coefficient (Wildman–Crippen LogP) is 0.181. The summed E-state index contributed by atoms with van der Waals surface area (Å²) in [5.74, 6) is 0.0487. The Bertz CT molecular complexity index is 315. The van der Waals surface area contributed by atoms with Gasteiger partial charge >= 0.3 is 5.96 Å². The van der Waals surface area contributed by atoms with Crippen LogP contribution in [0.4, 0.5) is 0 Å². The van der Waals surface area contributed by atoms with Gasteiger partial charge in [-0.1, -0.05) is 38.4 Å². The fourth-order valence-corrected chi connectivity index (χ4v) is 1.57. The molecule has 8 N–H and O–H groups in total. The van der Waals surface area contributed by atoms with Crippen molar-refractivity contribution in [1.82, 2.24) is 5.48 Å². The molecule has 0 bridgehead atoms. The number of hydrogen-bond donors (Lipinski definition) is 5. The zero-order valence-electron chi connectivity index (χ0n) is 12.7. The third-order valence-electron chi connectivity index (χ3n) is 2.47. The Morgan fingerprint density at radius 3 is 2.35 bits per heavy atom. The van der Waals surface area contributed by atoms with Gasteiger partial charge in [-0.15, -0.1) is 0 Å². The Hall–Kier alpha value is -1.70. The Kier molecular flexibility index (Phi) is 9.27. The van der Waals surface area contributed by atoms with Crippen LogP contribution in [0.1, 0.15) is 46.5 Å². The standard InChI is InChI=1S/C12H28N6O2/c1-4-5-6-7-19-18(12(15)16)10(8-9(2)3)20-17-11(13)14/h9-10H,4-8H2,1-3H3,(H7,13,14,15,16,17)/p+1. The van der Waals surface area contributed by atoms with Crippen molar-refractivity contribution in [1.29, 1.82) is 5.41 Å². The highest BCUT2D eigenvalue weighted by atomic mass is 16.7. The average molecular weight is 289 g/mol. The summed E-state index contributed by atoms with van der Waals surface area (Å²) < 4.78 is 1.32. The van der Waals surface area contributed by atoms with Crippen molar-refractivity contribution in [2.45, 2.75) is 52.7 Å². The van der Waals surface area contributed by atoms with E-state index in [1.165, 1.54) is 4.74 Å². The minimum atomic E-state index is -0.550. The van der Waals surface area contributed by atoms with E-state index in [0.717, 1.165) is 19.3 Å². The molecule has 0 aromatic heterocycles. The third-order valence-corrected chi connectivity index (χ3v) is 2.47. The lowest BCUT2D eigenvalue weighted by Crippen LogP contribution is -2.46. The maximum absolute atomic E-state index is 7.12. The molecule has 8 heteroatoms. The lowest BCUT2D eigenvalue weighted by Gasteiger charge is -2.21. The molecule has 20 heavy (non-hydrogen) atoms. The van der Waals surface area contributed by atoms with Gasteiger partial charge in [0.2, 0.25) is 12.2 Å². The van der Waals surface area contributed by atoms with E-state index in [9.17, 15) is 0 Å². The Morgan fingerprint density at radius 1 is 1.25 bits per heavy atom. The largest absolute Gasteiger partial charge is 0.380 e. The molecular formula is C12H29N6O2+. The summed E-state index contributed by atoms with van der Waals surface area (Å²) in [5.41, 5.74) is 18.8. The second kappa shape index (κ2) is 10.1. The molecule has 0 aliphatic rings. The van der Waals surface area contributed by atoms with Crippen LogP contribution in [0.2, 0.25) is 0 Å². The lowest BCUT2D eigenvalue weighted by molar-refractivity contribution is -0.838. The van der Waals surface area contributed by atoms with Gasteiger partial charge in [0.1, 0.15) is 6.61 Å². The van der Waals surface area contributed by atoms with E-state index in [1.807, 2.05) is 13.8 Å². The van der Waals surface area contributed by atoms with Crippen LogP contribution in [0, 0.1) is 11.3 Å². The lowest BCUT2D eigenvalue weighted by atomic mass is 10.1. The van der Waals surface area contributed by atoms with E-state index >= 15 is 0 Å². The van der Waals surface area contributed by atoms with Crippen molar-refractivity contribution >= 4 is 11.9 Å². The van der Waals surface area contributed by atoms with E-state index in [1.54, 1.807) is 0 Å². The van der Waals surface area contributed by atoms with Gasteiger partial charge in [0.05, 0.1) is 0 Å². The highest BCUT2D eigenvalue weighted by Crippen LogP contribution is 2.09. The number of guanidine groups is 2. The van der Waals surface area contributed by atoms with Gasteiger partial charge in [-0.2, -0.15) is 0 Å².